The fourth-order valence-corrected chi connectivity index (χ4v) is 6.06. The maximum absolute atomic E-state index is 13.3. The predicted molar refractivity (Wildman–Crippen MR) is 112 cm³/mol. The first-order chi connectivity index (χ1) is 14.5. The van der Waals surface area contributed by atoms with E-state index in [0.29, 0.717) is 17.5 Å². The summed E-state index contributed by atoms with van der Waals surface area (Å²) in [5.41, 5.74) is 0.753. The van der Waals surface area contributed by atoms with Gasteiger partial charge in [0.2, 0.25) is 0 Å². The van der Waals surface area contributed by atoms with Gasteiger partial charge in [0, 0.05) is 43.2 Å². The molecule has 4 rings (SSSR count). The number of carbonyl (C=O) groups excluding carboxylic acids is 3. The second kappa shape index (κ2) is 7.24. The normalized spacial score (nSPS) is 28.1. The molecule has 7 heteroatoms. The minimum Gasteiger partial charge on any atom is -0.507 e. The Bertz CT molecular complexity index is 977. The molecule has 7 nitrogen and oxygen atoms in total. The predicted octanol–water partition coefficient (Wildman–Crippen LogP) is 3.85. The number of hydrogen-bond donors (Lipinski definition) is 1. The number of hydrogen-bond acceptors (Lipinski definition) is 7. The third kappa shape index (κ3) is 3.38. The Hall–Kier alpha value is -2.57. The third-order valence-corrected chi connectivity index (χ3v) is 7.38. The van der Waals surface area contributed by atoms with Crippen molar-refractivity contribution in [3.05, 3.63) is 16.7 Å². The van der Waals surface area contributed by atoms with Gasteiger partial charge in [-0.1, -0.05) is 27.2 Å². The molecule has 3 atom stereocenters. The van der Waals surface area contributed by atoms with Crippen LogP contribution in [0, 0.1) is 11.3 Å². The average Bonchev–Trinajstić information content (AvgIpc) is 3.09. The topological polar surface area (TPSA) is 99.1 Å². The van der Waals surface area contributed by atoms with Gasteiger partial charge in [0.15, 0.2) is 17.3 Å². The van der Waals surface area contributed by atoms with E-state index in [-0.39, 0.29) is 53.0 Å². The van der Waals surface area contributed by atoms with Crippen molar-refractivity contribution in [2.45, 2.75) is 78.2 Å². The molecule has 0 saturated heterocycles. The molecule has 0 spiro atoms. The lowest BCUT2D eigenvalue weighted by Crippen LogP contribution is -2.49. The molecule has 0 aromatic heterocycles. The van der Waals surface area contributed by atoms with Crippen LogP contribution in [0.25, 0.3) is 0 Å². The molecule has 0 bridgehead atoms. The molecule has 1 N–H and O–H groups in total. The molecular formula is C24H30O7. The van der Waals surface area contributed by atoms with Crippen molar-refractivity contribution >= 4 is 17.7 Å². The van der Waals surface area contributed by atoms with Gasteiger partial charge in [-0.3, -0.25) is 14.4 Å². The number of benzene rings is 1. The van der Waals surface area contributed by atoms with Gasteiger partial charge in [0.25, 0.3) is 0 Å². The van der Waals surface area contributed by atoms with Crippen molar-refractivity contribution in [2.75, 3.05) is 6.61 Å². The Morgan fingerprint density at radius 1 is 1.13 bits per heavy atom. The van der Waals surface area contributed by atoms with E-state index in [0.717, 1.165) is 19.3 Å². The van der Waals surface area contributed by atoms with E-state index in [4.69, 9.17) is 14.2 Å². The van der Waals surface area contributed by atoms with E-state index >= 15 is 0 Å². The number of esters is 2. The van der Waals surface area contributed by atoms with E-state index in [2.05, 4.69) is 20.8 Å². The second-order valence-corrected chi connectivity index (χ2v) is 10.0. The Morgan fingerprint density at radius 2 is 1.84 bits per heavy atom. The summed E-state index contributed by atoms with van der Waals surface area (Å²) in [4.78, 5) is 36.6. The summed E-state index contributed by atoms with van der Waals surface area (Å²) in [6, 6.07) is 0. The summed E-state index contributed by atoms with van der Waals surface area (Å²) >= 11 is 0. The van der Waals surface area contributed by atoms with Crippen LogP contribution in [-0.2, 0) is 26.2 Å². The van der Waals surface area contributed by atoms with Crippen LogP contribution in [0.15, 0.2) is 0 Å². The molecule has 1 aromatic carbocycles. The van der Waals surface area contributed by atoms with Crippen LogP contribution >= 0.6 is 0 Å². The molecule has 0 unspecified atom stereocenters. The summed E-state index contributed by atoms with van der Waals surface area (Å²) in [7, 11) is 0. The maximum Gasteiger partial charge on any atom is 0.308 e. The van der Waals surface area contributed by atoms with Crippen LogP contribution < -0.4 is 9.47 Å². The molecule has 168 valence electrons. The number of carbonyl (C=O) groups is 3. The van der Waals surface area contributed by atoms with Crippen LogP contribution in [-0.4, -0.2) is 35.5 Å². The molecule has 3 aliphatic rings. The smallest absolute Gasteiger partial charge is 0.308 e. The molecule has 0 radical (unpaired) electrons. The van der Waals surface area contributed by atoms with Crippen LogP contribution in [0.5, 0.6) is 17.2 Å². The van der Waals surface area contributed by atoms with Crippen molar-refractivity contribution in [1.29, 1.82) is 0 Å². The molecule has 1 aromatic rings. The molecule has 0 amide bonds. The van der Waals surface area contributed by atoms with Gasteiger partial charge in [-0.05, 0) is 24.2 Å². The zero-order chi connectivity index (χ0) is 22.7. The van der Waals surface area contributed by atoms with Crippen LogP contribution in [0.3, 0.4) is 0 Å². The summed E-state index contributed by atoms with van der Waals surface area (Å²) in [5.74, 6) is -0.614. The first-order valence-corrected chi connectivity index (χ1v) is 10.9. The van der Waals surface area contributed by atoms with Gasteiger partial charge in [-0.2, -0.15) is 0 Å². The Morgan fingerprint density at radius 3 is 2.48 bits per heavy atom. The standard InChI is InChI=1S/C24H30O7/c1-12(25)29-11-14-9-15-20(28)18-16(27)10-17-23(3,4)7-6-8-24(17,5)19(18)22(21(15)31-14)30-13(2)26/h14,17,28H,6-11H2,1-5H3/t14-,17+,24+/m1/s1. The summed E-state index contributed by atoms with van der Waals surface area (Å²) in [6.07, 6.45) is 2.89. The highest BCUT2D eigenvalue weighted by atomic mass is 16.6. The molecule has 1 saturated carbocycles. The number of phenolic OH excluding ortho intramolecular Hbond substituents is 1. The van der Waals surface area contributed by atoms with Gasteiger partial charge >= 0.3 is 11.9 Å². The lowest BCUT2D eigenvalue weighted by atomic mass is 9.50. The summed E-state index contributed by atoms with van der Waals surface area (Å²) in [6.45, 7) is 9.09. The summed E-state index contributed by atoms with van der Waals surface area (Å²) in [5, 5.41) is 11.2. The van der Waals surface area contributed by atoms with Gasteiger partial charge < -0.3 is 19.3 Å². The lowest BCUT2D eigenvalue weighted by Gasteiger charge is -2.54. The van der Waals surface area contributed by atoms with E-state index in [1.54, 1.807) is 0 Å². The van der Waals surface area contributed by atoms with E-state index < -0.39 is 23.5 Å². The van der Waals surface area contributed by atoms with Gasteiger partial charge in [0.05, 0.1) is 5.56 Å². The number of Topliss-reactive ketones (excluding diaryl/α,β-unsaturated/α-hetero) is 1. The third-order valence-electron chi connectivity index (χ3n) is 7.38. The van der Waals surface area contributed by atoms with E-state index in [1.165, 1.54) is 13.8 Å². The fourth-order valence-electron chi connectivity index (χ4n) is 6.06. The fraction of sp³-hybridized carbons (Fsp3) is 0.625. The number of rotatable bonds is 3. The van der Waals surface area contributed by atoms with Crippen LogP contribution in [0.1, 0.15) is 81.8 Å². The lowest BCUT2D eigenvalue weighted by molar-refractivity contribution is -0.143. The first-order valence-electron chi connectivity index (χ1n) is 10.9. The number of aromatic hydroxyl groups is 1. The Balaban J connectivity index is 1.91. The Kier molecular flexibility index (Phi) is 5.06. The second-order valence-electron chi connectivity index (χ2n) is 10.0. The SMILES string of the molecule is CC(=O)OC[C@H]1Cc2c(O)c3c(c(OC(C)=O)c2O1)[C@@]1(C)CCCC(C)(C)[C@@H]1CC3=O. The van der Waals surface area contributed by atoms with Crippen LogP contribution in [0.4, 0.5) is 0 Å². The molecule has 1 fully saturated rings. The molecule has 31 heavy (non-hydrogen) atoms. The number of fused-ring (bicyclic) bond motifs is 4. The van der Waals surface area contributed by atoms with Crippen molar-refractivity contribution in [2.24, 2.45) is 11.3 Å². The van der Waals surface area contributed by atoms with Crippen molar-refractivity contribution in [1.82, 2.24) is 0 Å². The monoisotopic (exact) mass is 430 g/mol. The van der Waals surface area contributed by atoms with E-state index in [9.17, 15) is 19.5 Å². The molecular weight excluding hydrogens is 400 g/mol. The number of ketones is 1. The quantitative estimate of drug-likeness (QED) is 0.574. The van der Waals surface area contributed by atoms with Crippen molar-refractivity contribution < 1.29 is 33.7 Å². The van der Waals surface area contributed by atoms with Crippen molar-refractivity contribution in [3.8, 4) is 17.2 Å². The molecule has 2 aliphatic carbocycles. The largest absolute Gasteiger partial charge is 0.507 e. The maximum atomic E-state index is 13.3. The van der Waals surface area contributed by atoms with Crippen LogP contribution in [0.2, 0.25) is 0 Å². The van der Waals surface area contributed by atoms with E-state index in [1.807, 2.05) is 0 Å². The zero-order valence-electron chi connectivity index (χ0n) is 18.8. The molecule has 1 aliphatic heterocycles. The molecule has 1 heterocycles. The highest BCUT2D eigenvalue weighted by Crippen LogP contribution is 2.62. The van der Waals surface area contributed by atoms with Gasteiger partial charge in [-0.25, -0.2) is 0 Å². The highest BCUT2D eigenvalue weighted by molar-refractivity contribution is 6.04. The number of ether oxygens (including phenoxy) is 3. The highest BCUT2D eigenvalue weighted by Gasteiger charge is 2.55. The number of phenols is 1. The minimum atomic E-state index is -0.524. The van der Waals surface area contributed by atoms with Gasteiger partial charge in [0.1, 0.15) is 18.5 Å². The average molecular weight is 430 g/mol. The van der Waals surface area contributed by atoms with Gasteiger partial charge in [-0.15, -0.1) is 0 Å². The zero-order valence-corrected chi connectivity index (χ0v) is 18.8. The summed E-state index contributed by atoms with van der Waals surface area (Å²) < 4.78 is 16.8. The Labute approximate surface area is 182 Å². The van der Waals surface area contributed by atoms with Crippen molar-refractivity contribution in [3.63, 3.8) is 0 Å². The first kappa shape index (κ1) is 21.7. The minimum absolute atomic E-state index is 0.00843.